The van der Waals surface area contributed by atoms with Crippen molar-refractivity contribution in [2.24, 2.45) is 11.7 Å². The highest BCUT2D eigenvalue weighted by molar-refractivity contribution is 5.85. The van der Waals surface area contributed by atoms with Crippen LogP contribution in [0.1, 0.15) is 45.1 Å². The first-order chi connectivity index (χ1) is 18.7. The van der Waals surface area contributed by atoms with E-state index in [-0.39, 0.29) is 36.9 Å². The molecule has 0 bridgehead atoms. The molecule has 0 radical (unpaired) electrons. The summed E-state index contributed by atoms with van der Waals surface area (Å²) in [6.45, 7) is 6.04. The third-order valence-corrected chi connectivity index (χ3v) is 7.36. The molecule has 2 heterocycles. The molecule has 2 aromatic carbocycles. The van der Waals surface area contributed by atoms with Gasteiger partial charge in [0, 0.05) is 19.6 Å². The molecule has 2 atom stereocenters. The van der Waals surface area contributed by atoms with Crippen molar-refractivity contribution in [2.75, 3.05) is 26.2 Å². The van der Waals surface area contributed by atoms with Crippen molar-refractivity contribution in [3.8, 4) is 22.9 Å². The lowest BCUT2D eigenvalue weighted by Gasteiger charge is -2.31. The quantitative estimate of drug-likeness (QED) is 0.480. The fourth-order valence-corrected chi connectivity index (χ4v) is 5.13. The Morgan fingerprint density at radius 3 is 2.50 bits per heavy atom. The van der Waals surface area contributed by atoms with Gasteiger partial charge in [-0.3, -0.25) is 4.79 Å². The topological polar surface area (TPSA) is 109 Å². The number of rotatable bonds is 8. The summed E-state index contributed by atoms with van der Waals surface area (Å²) in [4.78, 5) is 28.0. The summed E-state index contributed by atoms with van der Waals surface area (Å²) in [6, 6.07) is 13.2. The van der Waals surface area contributed by atoms with Gasteiger partial charge < -0.3 is 25.0 Å². The number of nitriles is 1. The molecule has 2 saturated heterocycles. The molecule has 0 aliphatic carbocycles. The minimum Gasteiger partial charge on any atom is -0.493 e. The summed E-state index contributed by atoms with van der Waals surface area (Å²) in [5, 5.41) is 9.24. The summed E-state index contributed by atoms with van der Waals surface area (Å²) >= 11 is 0. The Morgan fingerprint density at radius 2 is 1.82 bits per heavy atom. The molecule has 2 aromatic rings. The Bertz CT molecular complexity index is 1210. The predicted molar refractivity (Wildman–Crippen MR) is 153 cm³/mol. The van der Waals surface area contributed by atoms with Gasteiger partial charge in [-0.15, -0.1) is 12.4 Å². The van der Waals surface area contributed by atoms with Crippen LogP contribution >= 0.6 is 12.4 Å². The molecular formula is C30H38ClFN4O4. The number of carbonyl (C=O) groups excluding carboxylic acids is 2. The molecule has 2 unspecified atom stereocenters. The van der Waals surface area contributed by atoms with E-state index < -0.39 is 17.9 Å². The molecule has 0 aromatic heterocycles. The van der Waals surface area contributed by atoms with E-state index in [1.165, 1.54) is 11.0 Å². The minimum absolute atomic E-state index is 0. The maximum atomic E-state index is 15.0. The summed E-state index contributed by atoms with van der Waals surface area (Å²) in [5.74, 6) is 0.296. The Hall–Kier alpha value is -3.35. The van der Waals surface area contributed by atoms with Crippen LogP contribution in [0.3, 0.4) is 0 Å². The van der Waals surface area contributed by atoms with Gasteiger partial charge >= 0.3 is 6.09 Å². The molecule has 2 aliphatic heterocycles. The number of hydrogen-bond acceptors (Lipinski definition) is 6. The molecule has 216 valence electrons. The molecule has 2 aliphatic rings. The SMILES string of the molecule is CC(C)OC(=O)N1CCC(COc2cccc(-c3ccc(CC(N)C(=O)N4CCCC4C#N)c(F)c3)c2)CC1.Cl. The first-order valence-corrected chi connectivity index (χ1v) is 13.7. The van der Waals surface area contributed by atoms with Crippen molar-refractivity contribution in [1.82, 2.24) is 9.80 Å². The molecule has 4 rings (SSSR count). The summed E-state index contributed by atoms with van der Waals surface area (Å²) in [5.41, 5.74) is 7.99. The van der Waals surface area contributed by atoms with Crippen LogP contribution in [0.25, 0.3) is 11.1 Å². The fourth-order valence-electron chi connectivity index (χ4n) is 5.13. The number of piperidine rings is 1. The van der Waals surface area contributed by atoms with Gasteiger partial charge in [0.2, 0.25) is 5.91 Å². The van der Waals surface area contributed by atoms with Crippen LogP contribution in [0.15, 0.2) is 42.5 Å². The van der Waals surface area contributed by atoms with Gasteiger partial charge in [-0.1, -0.05) is 24.3 Å². The summed E-state index contributed by atoms with van der Waals surface area (Å²) in [6.07, 6.45) is 2.79. The highest BCUT2D eigenvalue weighted by Gasteiger charge is 2.32. The lowest BCUT2D eigenvalue weighted by molar-refractivity contribution is -0.132. The number of likely N-dealkylation sites (tertiary alicyclic amines) is 2. The molecular weight excluding hydrogens is 535 g/mol. The first-order valence-electron chi connectivity index (χ1n) is 13.7. The van der Waals surface area contributed by atoms with Gasteiger partial charge in [0.25, 0.3) is 0 Å². The summed E-state index contributed by atoms with van der Waals surface area (Å²) in [7, 11) is 0. The number of halogens is 2. The van der Waals surface area contributed by atoms with E-state index in [2.05, 4.69) is 6.07 Å². The average molecular weight is 573 g/mol. The average Bonchev–Trinajstić information content (AvgIpc) is 3.41. The maximum Gasteiger partial charge on any atom is 0.410 e. The van der Waals surface area contributed by atoms with Crippen molar-refractivity contribution in [3.05, 3.63) is 53.8 Å². The zero-order valence-electron chi connectivity index (χ0n) is 23.1. The molecule has 2 amide bonds. The second-order valence-corrected chi connectivity index (χ2v) is 10.6. The van der Waals surface area contributed by atoms with Crippen molar-refractivity contribution >= 4 is 24.4 Å². The van der Waals surface area contributed by atoms with Gasteiger partial charge in [0.15, 0.2) is 0 Å². The molecule has 40 heavy (non-hydrogen) atoms. The number of carbonyl (C=O) groups is 2. The van der Waals surface area contributed by atoms with Crippen LogP contribution in [0, 0.1) is 23.1 Å². The molecule has 0 spiro atoms. The lowest BCUT2D eigenvalue weighted by atomic mass is 9.98. The second-order valence-electron chi connectivity index (χ2n) is 10.6. The zero-order valence-corrected chi connectivity index (χ0v) is 23.9. The Morgan fingerprint density at radius 1 is 1.10 bits per heavy atom. The smallest absolute Gasteiger partial charge is 0.410 e. The highest BCUT2D eigenvalue weighted by atomic mass is 35.5. The Kier molecular flexibility index (Phi) is 11.2. The Balaban J connectivity index is 0.00000441. The number of hydrogen-bond donors (Lipinski definition) is 1. The standard InChI is InChI=1S/C30H37FN4O4.ClH/c1-20(2)39-30(37)34-13-10-21(11-14-34)19-38-26-7-3-5-22(15-26)23-8-9-24(27(31)16-23)17-28(33)29(36)35-12-4-6-25(35)18-32;/h3,5,7-9,15-16,20-21,25,28H,4,6,10-14,17,19,33H2,1-2H3;1H. The number of nitrogens with two attached hydrogens (primary N) is 1. The second kappa shape index (κ2) is 14.3. The third kappa shape index (κ3) is 7.86. The molecule has 2 N–H and O–H groups in total. The van der Waals surface area contributed by atoms with Gasteiger partial charge in [0.05, 0.1) is 24.8 Å². The fraction of sp³-hybridized carbons (Fsp3) is 0.500. The number of amides is 2. The van der Waals surface area contributed by atoms with E-state index in [1.54, 1.807) is 11.0 Å². The van der Waals surface area contributed by atoms with E-state index in [9.17, 15) is 14.9 Å². The molecule has 8 nitrogen and oxygen atoms in total. The number of nitrogens with zero attached hydrogens (tertiary/aromatic N) is 3. The lowest BCUT2D eigenvalue weighted by Crippen LogP contribution is -2.46. The van der Waals surface area contributed by atoms with Crippen LogP contribution in [-0.4, -0.2) is 66.2 Å². The van der Waals surface area contributed by atoms with Gasteiger partial charge in [-0.25, -0.2) is 9.18 Å². The van der Waals surface area contributed by atoms with Crippen LogP contribution in [-0.2, 0) is 16.0 Å². The van der Waals surface area contributed by atoms with Gasteiger partial charge in [-0.05, 0) is 86.8 Å². The van der Waals surface area contributed by atoms with Crippen molar-refractivity contribution in [2.45, 2.75) is 64.1 Å². The van der Waals surface area contributed by atoms with E-state index in [1.807, 2.05) is 44.2 Å². The van der Waals surface area contributed by atoms with Crippen molar-refractivity contribution in [1.29, 1.82) is 5.26 Å². The largest absolute Gasteiger partial charge is 0.493 e. The molecule has 2 fully saturated rings. The normalized spacial score (nSPS) is 18.1. The maximum absolute atomic E-state index is 15.0. The summed E-state index contributed by atoms with van der Waals surface area (Å²) < 4.78 is 26.4. The van der Waals surface area contributed by atoms with Crippen molar-refractivity contribution < 1.29 is 23.5 Å². The van der Waals surface area contributed by atoms with E-state index >= 15 is 4.39 Å². The van der Waals surface area contributed by atoms with Crippen LogP contribution in [0.4, 0.5) is 9.18 Å². The van der Waals surface area contributed by atoms with Crippen molar-refractivity contribution in [3.63, 3.8) is 0 Å². The number of ether oxygens (including phenoxy) is 2. The minimum atomic E-state index is -0.899. The highest BCUT2D eigenvalue weighted by Crippen LogP contribution is 2.28. The van der Waals surface area contributed by atoms with E-state index in [0.29, 0.717) is 55.5 Å². The van der Waals surface area contributed by atoms with Gasteiger partial charge in [-0.2, -0.15) is 5.26 Å². The monoisotopic (exact) mass is 572 g/mol. The predicted octanol–water partition coefficient (Wildman–Crippen LogP) is 4.93. The molecule has 10 heteroatoms. The Labute approximate surface area is 241 Å². The third-order valence-electron chi connectivity index (χ3n) is 7.36. The zero-order chi connectivity index (χ0) is 27.9. The van der Waals surface area contributed by atoms with E-state index in [0.717, 1.165) is 24.8 Å². The van der Waals surface area contributed by atoms with E-state index in [4.69, 9.17) is 15.2 Å². The van der Waals surface area contributed by atoms with Crippen LogP contribution in [0.5, 0.6) is 5.75 Å². The number of benzene rings is 2. The van der Waals surface area contributed by atoms with Gasteiger partial charge in [0.1, 0.15) is 17.6 Å². The molecule has 0 saturated carbocycles. The first kappa shape index (κ1) is 31.2. The van der Waals surface area contributed by atoms with Crippen LogP contribution < -0.4 is 10.5 Å². The van der Waals surface area contributed by atoms with Crippen LogP contribution in [0.2, 0.25) is 0 Å².